The Labute approximate surface area is 234 Å². The number of carbonyl (C=O) groups is 3. The van der Waals surface area contributed by atoms with Crippen molar-refractivity contribution in [3.8, 4) is 5.75 Å². The molecule has 0 aliphatic carbocycles. The Hall–Kier alpha value is -4.44. The molecule has 2 aromatic carbocycles. The highest BCUT2D eigenvalue weighted by atomic mass is 16.6. The van der Waals surface area contributed by atoms with Gasteiger partial charge in [-0.2, -0.15) is 0 Å². The number of alkyl carbamates (subject to hydrolysis) is 1. The number of hydrogen-bond acceptors (Lipinski definition) is 7. The predicted molar refractivity (Wildman–Crippen MR) is 150 cm³/mol. The number of hydrogen-bond donors (Lipinski definition) is 4. The molecule has 0 aliphatic rings. The van der Waals surface area contributed by atoms with Gasteiger partial charge in [0.15, 0.2) is 0 Å². The summed E-state index contributed by atoms with van der Waals surface area (Å²) < 4.78 is 11.1. The minimum atomic E-state index is -0.949. The zero-order chi connectivity index (χ0) is 29.0. The van der Waals surface area contributed by atoms with Crippen molar-refractivity contribution in [1.82, 2.24) is 15.8 Å². The standard InChI is InChI=1S/C30H36N4O6/c1-30(2,3)40-29(37)33-26(18-24-16-17-25(19-31-24)39-20-22-8-5-4-6-9-22)28(36)32-23-14-12-21(13-15-23)10-7-11-27(35)34-38/h4-6,8-9,12-17,19,26,38H,7,10-11,18,20H2,1-3H3,(H,32,36)(H,33,37)(H,34,35)/t26-/m1/s1. The van der Waals surface area contributed by atoms with E-state index in [0.29, 0.717) is 36.6 Å². The van der Waals surface area contributed by atoms with Crippen LogP contribution < -0.4 is 20.9 Å². The number of hydroxylamine groups is 1. The number of aryl methyl sites for hydroxylation is 1. The molecule has 3 rings (SSSR count). The van der Waals surface area contributed by atoms with Crippen LogP contribution in [0.2, 0.25) is 0 Å². The number of ether oxygens (including phenoxy) is 2. The van der Waals surface area contributed by atoms with Crippen LogP contribution >= 0.6 is 0 Å². The van der Waals surface area contributed by atoms with Crippen LogP contribution in [0, 0.1) is 0 Å². The topological polar surface area (TPSA) is 139 Å². The van der Waals surface area contributed by atoms with E-state index in [0.717, 1.165) is 11.1 Å². The van der Waals surface area contributed by atoms with Gasteiger partial charge in [-0.05, 0) is 69.0 Å². The van der Waals surface area contributed by atoms with E-state index in [1.54, 1.807) is 56.7 Å². The summed E-state index contributed by atoms with van der Waals surface area (Å²) >= 11 is 0. The zero-order valence-corrected chi connectivity index (χ0v) is 23.0. The van der Waals surface area contributed by atoms with Crippen LogP contribution in [0.5, 0.6) is 5.75 Å². The smallest absolute Gasteiger partial charge is 0.408 e. The molecule has 3 amide bonds. The first kappa shape index (κ1) is 30.1. The van der Waals surface area contributed by atoms with Crippen LogP contribution in [0.25, 0.3) is 0 Å². The predicted octanol–water partition coefficient (Wildman–Crippen LogP) is 4.56. The molecule has 0 fully saturated rings. The van der Waals surface area contributed by atoms with Crippen LogP contribution in [0.4, 0.5) is 10.5 Å². The second-order valence-electron chi connectivity index (χ2n) is 10.2. The highest BCUT2D eigenvalue weighted by molar-refractivity contribution is 5.96. The first-order valence-electron chi connectivity index (χ1n) is 13.1. The van der Waals surface area contributed by atoms with Crippen molar-refractivity contribution < 1.29 is 29.1 Å². The third-order valence-corrected chi connectivity index (χ3v) is 5.68. The minimum Gasteiger partial charge on any atom is -0.487 e. The molecule has 1 heterocycles. The second-order valence-corrected chi connectivity index (χ2v) is 10.2. The number of amides is 3. The number of benzene rings is 2. The summed E-state index contributed by atoms with van der Waals surface area (Å²) in [5, 5.41) is 14.1. The van der Waals surface area contributed by atoms with Gasteiger partial charge in [0.25, 0.3) is 0 Å². The van der Waals surface area contributed by atoms with E-state index in [1.165, 1.54) is 0 Å². The highest BCUT2D eigenvalue weighted by Gasteiger charge is 2.25. The average molecular weight is 549 g/mol. The number of carbonyl (C=O) groups excluding carboxylic acids is 3. The number of rotatable bonds is 12. The van der Waals surface area contributed by atoms with Crippen molar-refractivity contribution in [3.63, 3.8) is 0 Å². The number of nitrogens with zero attached hydrogens (tertiary/aromatic N) is 1. The lowest BCUT2D eigenvalue weighted by molar-refractivity contribution is -0.129. The third-order valence-electron chi connectivity index (χ3n) is 5.68. The second kappa shape index (κ2) is 14.6. The van der Waals surface area contributed by atoms with Crippen LogP contribution in [0.1, 0.15) is 50.4 Å². The van der Waals surface area contributed by atoms with E-state index in [4.69, 9.17) is 14.7 Å². The van der Waals surface area contributed by atoms with Gasteiger partial charge in [0, 0.05) is 24.2 Å². The molecule has 0 unspecified atom stereocenters. The molecule has 0 bridgehead atoms. The molecule has 0 aliphatic heterocycles. The largest absolute Gasteiger partial charge is 0.487 e. The lowest BCUT2D eigenvalue weighted by Crippen LogP contribution is -2.47. The Kier molecular flexibility index (Phi) is 11.0. The monoisotopic (exact) mass is 548 g/mol. The van der Waals surface area contributed by atoms with Gasteiger partial charge in [0.2, 0.25) is 11.8 Å². The van der Waals surface area contributed by atoms with Crippen LogP contribution in [-0.2, 0) is 33.8 Å². The summed E-state index contributed by atoms with van der Waals surface area (Å²) in [6.07, 6.45) is 2.43. The normalized spacial score (nSPS) is 11.7. The van der Waals surface area contributed by atoms with E-state index in [-0.39, 0.29) is 12.8 Å². The molecular formula is C30H36N4O6. The van der Waals surface area contributed by atoms with Crippen LogP contribution in [0.15, 0.2) is 72.9 Å². The average Bonchev–Trinajstić information content (AvgIpc) is 2.92. The number of pyridine rings is 1. The van der Waals surface area contributed by atoms with E-state index in [1.807, 2.05) is 42.5 Å². The van der Waals surface area contributed by atoms with E-state index >= 15 is 0 Å². The molecule has 1 aromatic heterocycles. The summed E-state index contributed by atoms with van der Waals surface area (Å²) in [6, 6.07) is 19.5. The molecule has 1 atom stereocenters. The van der Waals surface area contributed by atoms with Gasteiger partial charge in [-0.3, -0.25) is 19.8 Å². The maximum Gasteiger partial charge on any atom is 0.408 e. The number of nitrogens with one attached hydrogen (secondary N) is 3. The van der Waals surface area contributed by atoms with Crippen molar-refractivity contribution in [2.45, 2.75) is 64.7 Å². The van der Waals surface area contributed by atoms with E-state index in [2.05, 4.69) is 15.6 Å². The first-order valence-corrected chi connectivity index (χ1v) is 13.1. The number of aromatic nitrogens is 1. The van der Waals surface area contributed by atoms with Crippen molar-refractivity contribution >= 4 is 23.6 Å². The minimum absolute atomic E-state index is 0.134. The Balaban J connectivity index is 1.63. The Morgan fingerprint density at radius 3 is 2.30 bits per heavy atom. The lowest BCUT2D eigenvalue weighted by Gasteiger charge is -2.23. The van der Waals surface area contributed by atoms with Gasteiger partial charge < -0.3 is 20.1 Å². The molecule has 0 radical (unpaired) electrons. The zero-order valence-electron chi connectivity index (χ0n) is 23.0. The lowest BCUT2D eigenvalue weighted by atomic mass is 10.1. The quantitative estimate of drug-likeness (QED) is 0.192. The van der Waals surface area contributed by atoms with Gasteiger partial charge in [-0.15, -0.1) is 0 Å². The highest BCUT2D eigenvalue weighted by Crippen LogP contribution is 2.16. The van der Waals surface area contributed by atoms with Crippen molar-refractivity contribution in [1.29, 1.82) is 0 Å². The molecular weight excluding hydrogens is 512 g/mol. The van der Waals surface area contributed by atoms with Gasteiger partial charge in [0.1, 0.15) is 24.0 Å². The summed E-state index contributed by atoms with van der Waals surface area (Å²) in [6.45, 7) is 5.64. The molecule has 10 heteroatoms. The van der Waals surface area contributed by atoms with Crippen molar-refractivity contribution in [2.75, 3.05) is 5.32 Å². The van der Waals surface area contributed by atoms with E-state index in [9.17, 15) is 14.4 Å². The molecule has 212 valence electrons. The SMILES string of the molecule is CC(C)(C)OC(=O)N[C@H](Cc1ccc(OCc2ccccc2)cn1)C(=O)Nc1ccc(CCCC(=O)NO)cc1. The molecule has 3 aromatic rings. The Morgan fingerprint density at radius 2 is 1.68 bits per heavy atom. The summed E-state index contributed by atoms with van der Waals surface area (Å²) in [4.78, 5) is 41.3. The molecule has 4 N–H and O–H groups in total. The Morgan fingerprint density at radius 1 is 0.950 bits per heavy atom. The van der Waals surface area contributed by atoms with Crippen molar-refractivity contribution in [3.05, 3.63) is 89.7 Å². The van der Waals surface area contributed by atoms with Gasteiger partial charge in [-0.25, -0.2) is 10.3 Å². The molecule has 0 saturated carbocycles. The summed E-state index contributed by atoms with van der Waals surface area (Å²) in [7, 11) is 0. The first-order chi connectivity index (χ1) is 19.1. The van der Waals surface area contributed by atoms with E-state index < -0.39 is 29.6 Å². The van der Waals surface area contributed by atoms with Gasteiger partial charge >= 0.3 is 6.09 Å². The molecule has 10 nitrogen and oxygen atoms in total. The fourth-order valence-corrected chi connectivity index (χ4v) is 3.72. The molecule has 0 saturated heterocycles. The molecule has 0 spiro atoms. The number of anilines is 1. The summed E-state index contributed by atoms with van der Waals surface area (Å²) in [5.41, 5.74) is 4.04. The van der Waals surface area contributed by atoms with Crippen LogP contribution in [-0.4, -0.2) is 39.7 Å². The summed E-state index contributed by atoms with van der Waals surface area (Å²) in [5.74, 6) is -0.272. The van der Waals surface area contributed by atoms with Crippen LogP contribution in [0.3, 0.4) is 0 Å². The van der Waals surface area contributed by atoms with Gasteiger partial charge in [-0.1, -0.05) is 42.5 Å². The van der Waals surface area contributed by atoms with Gasteiger partial charge in [0.05, 0.1) is 6.20 Å². The third kappa shape index (κ3) is 10.7. The maximum atomic E-state index is 13.2. The molecule has 40 heavy (non-hydrogen) atoms. The Bertz CT molecular complexity index is 1240. The fraction of sp³-hybridized carbons (Fsp3) is 0.333. The van der Waals surface area contributed by atoms with Crippen molar-refractivity contribution in [2.24, 2.45) is 0 Å². The maximum absolute atomic E-state index is 13.2. The fourth-order valence-electron chi connectivity index (χ4n) is 3.72.